The molecule has 4 heterocycles. The van der Waals surface area contributed by atoms with Crippen molar-refractivity contribution in [3.8, 4) is 0 Å². The maximum atomic E-state index is 11.4. The largest absolute Gasteiger partial charge is 0.370 e. The van der Waals surface area contributed by atoms with Gasteiger partial charge in [0.1, 0.15) is 11.6 Å². The van der Waals surface area contributed by atoms with Crippen LogP contribution in [0.2, 0.25) is 5.02 Å². The van der Waals surface area contributed by atoms with Crippen molar-refractivity contribution in [3.63, 3.8) is 0 Å². The number of rotatable bonds is 7. The van der Waals surface area contributed by atoms with Gasteiger partial charge in [0.15, 0.2) is 5.65 Å². The van der Waals surface area contributed by atoms with Crippen LogP contribution in [0.1, 0.15) is 24.1 Å². The van der Waals surface area contributed by atoms with Gasteiger partial charge in [0.2, 0.25) is 0 Å². The van der Waals surface area contributed by atoms with Crippen LogP contribution in [0.15, 0.2) is 41.7 Å². The number of hydrogen-bond acceptors (Lipinski definition) is 6. The average Bonchev–Trinajstić information content (AvgIpc) is 3.33. The third-order valence-electron chi connectivity index (χ3n) is 4.88. The first-order valence-electron chi connectivity index (χ1n) is 9.40. The van der Waals surface area contributed by atoms with Crippen LogP contribution >= 0.6 is 11.6 Å². The number of anilines is 3. The Morgan fingerprint density at radius 1 is 1.31 bits per heavy atom. The fourth-order valence-corrected chi connectivity index (χ4v) is 3.35. The summed E-state index contributed by atoms with van der Waals surface area (Å²) in [4.78, 5) is 25.6. The highest BCUT2D eigenvalue weighted by molar-refractivity contribution is 6.33. The Bertz CT molecular complexity index is 1220. The fourth-order valence-electron chi connectivity index (χ4n) is 3.18. The first kappa shape index (κ1) is 17.7. The third kappa shape index (κ3) is 3.81. The van der Waals surface area contributed by atoms with E-state index in [4.69, 9.17) is 16.6 Å². The minimum atomic E-state index is -0.231. The molecule has 9 nitrogen and oxygen atoms in total. The summed E-state index contributed by atoms with van der Waals surface area (Å²) in [5.41, 5.74) is 2.88. The van der Waals surface area contributed by atoms with Crippen LogP contribution in [0.4, 0.5) is 17.3 Å². The van der Waals surface area contributed by atoms with E-state index in [9.17, 15) is 4.79 Å². The summed E-state index contributed by atoms with van der Waals surface area (Å²) in [5, 5.41) is 11.8. The van der Waals surface area contributed by atoms with Crippen molar-refractivity contribution >= 4 is 34.6 Å². The van der Waals surface area contributed by atoms with E-state index in [1.807, 2.05) is 6.07 Å². The van der Waals surface area contributed by atoms with Gasteiger partial charge in [-0.05, 0) is 24.8 Å². The first-order valence-corrected chi connectivity index (χ1v) is 9.78. The summed E-state index contributed by atoms with van der Waals surface area (Å²) in [6.45, 7) is 0.898. The molecule has 0 radical (unpaired) electrons. The summed E-state index contributed by atoms with van der Waals surface area (Å²) < 4.78 is 1.79. The van der Waals surface area contributed by atoms with Crippen LogP contribution in [0.5, 0.6) is 0 Å². The number of fused-ring (bicyclic) bond motifs is 1. The molecule has 4 aromatic heterocycles. The minimum absolute atomic E-state index is 0.231. The van der Waals surface area contributed by atoms with Gasteiger partial charge in [-0.2, -0.15) is 9.61 Å². The molecule has 148 valence electrons. The van der Waals surface area contributed by atoms with Gasteiger partial charge in [-0.3, -0.25) is 4.98 Å². The van der Waals surface area contributed by atoms with E-state index in [0.717, 1.165) is 29.3 Å². The van der Waals surface area contributed by atoms with Crippen molar-refractivity contribution in [1.29, 1.82) is 0 Å². The number of imidazole rings is 1. The van der Waals surface area contributed by atoms with Crippen molar-refractivity contribution < 1.29 is 0 Å². The van der Waals surface area contributed by atoms with Gasteiger partial charge in [0.25, 0.3) is 0 Å². The summed E-state index contributed by atoms with van der Waals surface area (Å²) in [6, 6.07) is 3.72. The molecule has 29 heavy (non-hydrogen) atoms. The number of hydrogen-bond donors (Lipinski definition) is 4. The third-order valence-corrected chi connectivity index (χ3v) is 5.18. The highest BCUT2D eigenvalue weighted by Crippen LogP contribution is 2.30. The molecule has 4 N–H and O–H groups in total. The van der Waals surface area contributed by atoms with Crippen molar-refractivity contribution in [1.82, 2.24) is 29.5 Å². The van der Waals surface area contributed by atoms with E-state index in [2.05, 4.69) is 30.7 Å². The van der Waals surface area contributed by atoms with Gasteiger partial charge in [-0.1, -0.05) is 11.6 Å². The molecule has 1 fully saturated rings. The van der Waals surface area contributed by atoms with Crippen LogP contribution < -0.4 is 16.3 Å². The zero-order chi connectivity index (χ0) is 19.8. The number of halogens is 1. The van der Waals surface area contributed by atoms with Gasteiger partial charge in [0, 0.05) is 48.9 Å². The maximum Gasteiger partial charge on any atom is 0.323 e. The minimum Gasteiger partial charge on any atom is -0.370 e. The van der Waals surface area contributed by atoms with Crippen LogP contribution in [0.3, 0.4) is 0 Å². The number of aromatic amines is 2. The van der Waals surface area contributed by atoms with Gasteiger partial charge < -0.3 is 20.6 Å². The molecule has 4 aromatic rings. The number of pyridine rings is 1. The molecule has 5 rings (SSSR count). The highest BCUT2D eigenvalue weighted by Gasteiger charge is 2.22. The highest BCUT2D eigenvalue weighted by atomic mass is 35.5. The predicted octanol–water partition coefficient (Wildman–Crippen LogP) is 2.95. The number of aromatic nitrogens is 6. The lowest BCUT2D eigenvalue weighted by molar-refractivity contribution is 0.857. The van der Waals surface area contributed by atoms with Crippen molar-refractivity contribution in [2.45, 2.75) is 19.3 Å². The lowest BCUT2D eigenvalue weighted by Gasteiger charge is -2.12. The molecule has 1 aliphatic rings. The van der Waals surface area contributed by atoms with E-state index >= 15 is 0 Å². The number of nitrogens with one attached hydrogen (secondary N) is 4. The van der Waals surface area contributed by atoms with Gasteiger partial charge >= 0.3 is 5.69 Å². The van der Waals surface area contributed by atoms with Gasteiger partial charge in [0.05, 0.1) is 16.9 Å². The Labute approximate surface area is 170 Å². The van der Waals surface area contributed by atoms with Crippen LogP contribution in [0.25, 0.3) is 5.65 Å². The van der Waals surface area contributed by atoms with E-state index in [1.165, 1.54) is 12.8 Å². The van der Waals surface area contributed by atoms with Gasteiger partial charge in [-0.25, -0.2) is 9.78 Å². The Balaban J connectivity index is 1.53. The summed E-state index contributed by atoms with van der Waals surface area (Å²) in [7, 11) is 0. The molecule has 0 aromatic carbocycles. The Hall–Kier alpha value is -3.33. The lowest BCUT2D eigenvalue weighted by Crippen LogP contribution is -2.10. The van der Waals surface area contributed by atoms with E-state index < -0.39 is 0 Å². The first-order chi connectivity index (χ1) is 14.2. The summed E-state index contributed by atoms with van der Waals surface area (Å²) in [5.74, 6) is 2.21. The van der Waals surface area contributed by atoms with Crippen LogP contribution in [-0.2, 0) is 6.42 Å². The van der Waals surface area contributed by atoms with Crippen molar-refractivity contribution in [2.75, 3.05) is 17.2 Å². The summed E-state index contributed by atoms with van der Waals surface area (Å²) in [6.07, 6.45) is 9.72. The molecule has 1 aliphatic carbocycles. The maximum absolute atomic E-state index is 11.4. The zero-order valence-corrected chi connectivity index (χ0v) is 16.2. The molecule has 0 saturated heterocycles. The summed E-state index contributed by atoms with van der Waals surface area (Å²) >= 11 is 6.24. The average molecular weight is 411 g/mol. The van der Waals surface area contributed by atoms with Crippen LogP contribution in [0, 0.1) is 5.92 Å². The monoisotopic (exact) mass is 410 g/mol. The molecule has 0 spiro atoms. The molecule has 0 amide bonds. The Kier molecular flexibility index (Phi) is 4.44. The molecular formula is C19H19ClN8O. The second-order valence-electron chi connectivity index (χ2n) is 7.18. The SMILES string of the molecule is O=c1[nH]cc(Cc2cnn3c(NCC4CC4)cc(Nc4ccncc4Cl)nc23)[nH]1. The van der Waals surface area contributed by atoms with Crippen LogP contribution in [-0.4, -0.2) is 36.1 Å². The molecule has 0 aliphatic heterocycles. The van der Waals surface area contributed by atoms with E-state index in [1.54, 1.807) is 35.4 Å². The quantitative estimate of drug-likeness (QED) is 0.372. The molecule has 1 saturated carbocycles. The number of H-pyrrole nitrogens is 2. The molecule has 10 heteroatoms. The molecule has 0 bridgehead atoms. The zero-order valence-electron chi connectivity index (χ0n) is 15.4. The topological polar surface area (TPSA) is 116 Å². The standard InChI is InChI=1S/C19H19ClN8O/c20-14-10-21-4-3-15(14)26-16-6-17(22-7-11-1-2-11)28-18(27-16)12(8-24-28)5-13-9-23-19(29)25-13/h3-4,6,8-11,22H,1-2,5,7H2,(H,21,26,27)(H2,23,25,29). The molecule has 0 unspecified atom stereocenters. The normalized spacial score (nSPS) is 13.7. The predicted molar refractivity (Wildman–Crippen MR) is 111 cm³/mol. The second kappa shape index (κ2) is 7.25. The second-order valence-corrected chi connectivity index (χ2v) is 7.59. The fraction of sp³-hybridized carbons (Fsp3) is 0.263. The smallest absolute Gasteiger partial charge is 0.323 e. The van der Waals surface area contributed by atoms with Crippen molar-refractivity contribution in [3.05, 3.63) is 63.7 Å². The van der Waals surface area contributed by atoms with Gasteiger partial charge in [-0.15, -0.1) is 0 Å². The Morgan fingerprint density at radius 2 is 2.21 bits per heavy atom. The lowest BCUT2D eigenvalue weighted by atomic mass is 10.2. The number of nitrogens with zero attached hydrogens (tertiary/aromatic N) is 4. The van der Waals surface area contributed by atoms with Crippen molar-refractivity contribution in [2.24, 2.45) is 5.92 Å². The van der Waals surface area contributed by atoms with E-state index in [0.29, 0.717) is 28.8 Å². The molecular weight excluding hydrogens is 392 g/mol. The Morgan fingerprint density at radius 3 is 2.97 bits per heavy atom. The van der Waals surface area contributed by atoms with E-state index in [-0.39, 0.29) is 5.69 Å². The molecule has 0 atom stereocenters.